The van der Waals surface area contributed by atoms with Crippen LogP contribution in [0.25, 0.3) is 0 Å². The van der Waals surface area contributed by atoms with Crippen molar-refractivity contribution in [1.29, 1.82) is 0 Å². The molecule has 1 aromatic rings. The Kier molecular flexibility index (Phi) is 4.02. The second-order valence-electron chi connectivity index (χ2n) is 2.86. The standard InChI is InChI=1S/C9H15N3S/c1-7-6-9(10-4-5-13-3)12-8(2)11-7/h6H,4-5H2,1-3H3,(H,10,11,12). The van der Waals surface area contributed by atoms with Gasteiger partial charge in [-0.3, -0.25) is 0 Å². The first-order chi connectivity index (χ1) is 6.22. The van der Waals surface area contributed by atoms with Crippen molar-refractivity contribution >= 4 is 17.6 Å². The Hall–Kier alpha value is -0.770. The third kappa shape index (κ3) is 3.63. The predicted molar refractivity (Wildman–Crippen MR) is 58.4 cm³/mol. The fourth-order valence-electron chi connectivity index (χ4n) is 1.09. The van der Waals surface area contributed by atoms with Crippen LogP contribution >= 0.6 is 11.8 Å². The minimum absolute atomic E-state index is 0.826. The maximum absolute atomic E-state index is 4.27. The number of rotatable bonds is 4. The summed E-state index contributed by atoms with van der Waals surface area (Å²) in [5.74, 6) is 2.85. The Labute approximate surface area is 83.4 Å². The summed E-state index contributed by atoms with van der Waals surface area (Å²) >= 11 is 1.82. The van der Waals surface area contributed by atoms with Gasteiger partial charge in [0.2, 0.25) is 0 Å². The summed E-state index contributed by atoms with van der Waals surface area (Å²) in [5, 5.41) is 3.26. The van der Waals surface area contributed by atoms with E-state index >= 15 is 0 Å². The molecule has 0 fully saturated rings. The van der Waals surface area contributed by atoms with Crippen LogP contribution in [0.15, 0.2) is 6.07 Å². The van der Waals surface area contributed by atoms with Gasteiger partial charge in [0.25, 0.3) is 0 Å². The van der Waals surface area contributed by atoms with Gasteiger partial charge in [-0.2, -0.15) is 11.8 Å². The zero-order valence-electron chi connectivity index (χ0n) is 8.29. The van der Waals surface area contributed by atoms with Crippen LogP contribution in [0.4, 0.5) is 5.82 Å². The van der Waals surface area contributed by atoms with E-state index in [-0.39, 0.29) is 0 Å². The Morgan fingerprint density at radius 3 is 2.77 bits per heavy atom. The number of thioether (sulfide) groups is 1. The number of hydrogen-bond donors (Lipinski definition) is 1. The predicted octanol–water partition coefficient (Wildman–Crippen LogP) is 1.87. The number of anilines is 1. The Morgan fingerprint density at radius 2 is 2.15 bits per heavy atom. The summed E-state index contributed by atoms with van der Waals surface area (Å²) < 4.78 is 0. The van der Waals surface area contributed by atoms with E-state index in [0.717, 1.165) is 29.6 Å². The number of aromatic nitrogens is 2. The van der Waals surface area contributed by atoms with Crippen LogP contribution in [-0.4, -0.2) is 28.5 Å². The summed E-state index contributed by atoms with van der Waals surface area (Å²) in [6, 6.07) is 1.97. The minimum Gasteiger partial charge on any atom is -0.369 e. The first-order valence-corrected chi connectivity index (χ1v) is 5.67. The number of aryl methyl sites for hydroxylation is 2. The molecule has 0 unspecified atom stereocenters. The lowest BCUT2D eigenvalue weighted by Gasteiger charge is -2.05. The van der Waals surface area contributed by atoms with Crippen LogP contribution in [0.1, 0.15) is 11.5 Å². The van der Waals surface area contributed by atoms with Gasteiger partial charge in [0.1, 0.15) is 11.6 Å². The van der Waals surface area contributed by atoms with Crippen LogP contribution in [0.3, 0.4) is 0 Å². The van der Waals surface area contributed by atoms with Gasteiger partial charge in [-0.1, -0.05) is 0 Å². The van der Waals surface area contributed by atoms with Crippen molar-refractivity contribution in [1.82, 2.24) is 9.97 Å². The average molecular weight is 197 g/mol. The molecular formula is C9H15N3S. The van der Waals surface area contributed by atoms with Gasteiger partial charge in [0, 0.05) is 24.1 Å². The highest BCUT2D eigenvalue weighted by atomic mass is 32.2. The van der Waals surface area contributed by atoms with Crippen molar-refractivity contribution < 1.29 is 0 Å². The van der Waals surface area contributed by atoms with Crippen LogP contribution in [-0.2, 0) is 0 Å². The van der Waals surface area contributed by atoms with E-state index in [9.17, 15) is 0 Å². The fourth-order valence-corrected chi connectivity index (χ4v) is 1.39. The second kappa shape index (κ2) is 5.07. The van der Waals surface area contributed by atoms with Gasteiger partial charge in [-0.25, -0.2) is 9.97 Å². The smallest absolute Gasteiger partial charge is 0.129 e. The van der Waals surface area contributed by atoms with Crippen molar-refractivity contribution in [3.05, 3.63) is 17.6 Å². The van der Waals surface area contributed by atoms with Crippen LogP contribution in [0.2, 0.25) is 0 Å². The van der Waals surface area contributed by atoms with Crippen LogP contribution in [0, 0.1) is 13.8 Å². The normalized spacial score (nSPS) is 10.1. The maximum atomic E-state index is 4.27. The molecule has 0 atom stereocenters. The molecule has 0 bridgehead atoms. The number of nitrogens with zero attached hydrogens (tertiary/aromatic N) is 2. The molecule has 0 radical (unpaired) electrons. The van der Waals surface area contributed by atoms with E-state index in [0.29, 0.717) is 0 Å². The molecule has 0 aliphatic carbocycles. The SMILES string of the molecule is CSCCNc1cc(C)nc(C)n1. The fraction of sp³-hybridized carbons (Fsp3) is 0.556. The summed E-state index contributed by atoms with van der Waals surface area (Å²) in [4.78, 5) is 8.48. The lowest BCUT2D eigenvalue weighted by molar-refractivity contribution is 1.00. The van der Waals surface area contributed by atoms with E-state index < -0.39 is 0 Å². The molecule has 3 nitrogen and oxygen atoms in total. The third-order valence-electron chi connectivity index (χ3n) is 1.58. The summed E-state index contributed by atoms with van der Waals surface area (Å²) in [6.45, 7) is 4.85. The molecule has 4 heteroatoms. The molecule has 72 valence electrons. The molecule has 1 N–H and O–H groups in total. The Morgan fingerprint density at radius 1 is 1.38 bits per heavy atom. The monoisotopic (exact) mass is 197 g/mol. The molecule has 0 spiro atoms. The summed E-state index contributed by atoms with van der Waals surface area (Å²) in [5.41, 5.74) is 1.01. The van der Waals surface area contributed by atoms with Crippen molar-refractivity contribution in [2.24, 2.45) is 0 Å². The highest BCUT2D eigenvalue weighted by Gasteiger charge is 1.96. The lowest BCUT2D eigenvalue weighted by atomic mass is 10.4. The summed E-state index contributed by atoms with van der Waals surface area (Å²) in [6.07, 6.45) is 2.10. The topological polar surface area (TPSA) is 37.8 Å². The van der Waals surface area contributed by atoms with Gasteiger partial charge < -0.3 is 5.32 Å². The first-order valence-electron chi connectivity index (χ1n) is 4.27. The third-order valence-corrected chi connectivity index (χ3v) is 2.19. The highest BCUT2D eigenvalue weighted by Crippen LogP contribution is 2.05. The van der Waals surface area contributed by atoms with Gasteiger partial charge >= 0.3 is 0 Å². The van der Waals surface area contributed by atoms with Gasteiger partial charge in [-0.15, -0.1) is 0 Å². The molecule has 0 aromatic carbocycles. The van der Waals surface area contributed by atoms with Crippen molar-refractivity contribution in [3.63, 3.8) is 0 Å². The van der Waals surface area contributed by atoms with Gasteiger partial charge in [0.05, 0.1) is 0 Å². The number of hydrogen-bond acceptors (Lipinski definition) is 4. The Bertz CT molecular complexity index is 255. The average Bonchev–Trinajstić information content (AvgIpc) is 2.03. The second-order valence-corrected chi connectivity index (χ2v) is 3.85. The van der Waals surface area contributed by atoms with Crippen LogP contribution in [0.5, 0.6) is 0 Å². The molecule has 13 heavy (non-hydrogen) atoms. The molecule has 0 saturated carbocycles. The van der Waals surface area contributed by atoms with E-state index in [2.05, 4.69) is 21.5 Å². The van der Waals surface area contributed by atoms with Gasteiger partial charge in [0.15, 0.2) is 0 Å². The molecule has 1 aromatic heterocycles. The van der Waals surface area contributed by atoms with Crippen molar-refractivity contribution in [3.8, 4) is 0 Å². The molecule has 0 amide bonds. The molecule has 1 heterocycles. The molecule has 0 saturated heterocycles. The number of nitrogens with one attached hydrogen (secondary N) is 1. The molecule has 0 aliphatic rings. The zero-order chi connectivity index (χ0) is 9.68. The largest absolute Gasteiger partial charge is 0.369 e. The lowest BCUT2D eigenvalue weighted by Crippen LogP contribution is -2.07. The van der Waals surface area contributed by atoms with Gasteiger partial charge in [-0.05, 0) is 20.1 Å². The zero-order valence-corrected chi connectivity index (χ0v) is 9.11. The molecule has 1 rings (SSSR count). The van der Waals surface area contributed by atoms with E-state index in [1.807, 2.05) is 31.7 Å². The van der Waals surface area contributed by atoms with Crippen molar-refractivity contribution in [2.75, 3.05) is 23.9 Å². The summed E-state index contributed by atoms with van der Waals surface area (Å²) in [7, 11) is 0. The Balaban J connectivity index is 2.56. The first kappa shape index (κ1) is 10.3. The maximum Gasteiger partial charge on any atom is 0.129 e. The van der Waals surface area contributed by atoms with Crippen LogP contribution < -0.4 is 5.32 Å². The van der Waals surface area contributed by atoms with E-state index in [1.54, 1.807) is 0 Å². The van der Waals surface area contributed by atoms with Crippen molar-refractivity contribution in [2.45, 2.75) is 13.8 Å². The molecular weight excluding hydrogens is 182 g/mol. The molecule has 0 aliphatic heterocycles. The van der Waals surface area contributed by atoms with E-state index in [4.69, 9.17) is 0 Å². The minimum atomic E-state index is 0.826. The van der Waals surface area contributed by atoms with E-state index in [1.165, 1.54) is 0 Å². The highest BCUT2D eigenvalue weighted by molar-refractivity contribution is 7.98. The quantitative estimate of drug-likeness (QED) is 0.748.